The molecule has 0 fully saturated rings. The Balaban J connectivity index is 2.43. The second kappa shape index (κ2) is 5.06. The first-order valence-corrected chi connectivity index (χ1v) is 6.71. The molecule has 0 saturated heterocycles. The SMILES string of the molecule is O=S(=O)(Nc1cccnn1)c1cc(Cl)c(F)cc1F. The van der Waals surface area contributed by atoms with Crippen LogP contribution in [0.5, 0.6) is 0 Å². The van der Waals surface area contributed by atoms with E-state index in [1.54, 1.807) is 0 Å². The topological polar surface area (TPSA) is 72.0 Å². The van der Waals surface area contributed by atoms with Gasteiger partial charge in [-0.3, -0.25) is 4.72 Å². The van der Waals surface area contributed by atoms with Gasteiger partial charge in [0.25, 0.3) is 10.0 Å². The van der Waals surface area contributed by atoms with Crippen molar-refractivity contribution in [3.63, 3.8) is 0 Å². The van der Waals surface area contributed by atoms with Crippen LogP contribution in [0.1, 0.15) is 0 Å². The molecule has 19 heavy (non-hydrogen) atoms. The lowest BCUT2D eigenvalue weighted by atomic mass is 10.3. The normalized spacial score (nSPS) is 11.3. The number of aromatic nitrogens is 2. The summed E-state index contributed by atoms with van der Waals surface area (Å²) in [6.45, 7) is 0. The standard InChI is InChI=1S/C10H6ClF2N3O2S/c11-6-4-9(8(13)5-7(6)12)19(17,18)16-10-2-1-3-14-15-10/h1-5H,(H,15,16). The van der Waals surface area contributed by atoms with E-state index in [1.807, 2.05) is 4.72 Å². The summed E-state index contributed by atoms with van der Waals surface area (Å²) in [5.74, 6) is -2.39. The molecule has 5 nitrogen and oxygen atoms in total. The van der Waals surface area contributed by atoms with Gasteiger partial charge in [-0.25, -0.2) is 17.2 Å². The molecule has 0 aliphatic carbocycles. The first kappa shape index (κ1) is 13.6. The molecule has 1 aromatic heterocycles. The molecule has 100 valence electrons. The van der Waals surface area contributed by atoms with Gasteiger partial charge in [0.1, 0.15) is 16.5 Å². The second-order valence-electron chi connectivity index (χ2n) is 3.41. The van der Waals surface area contributed by atoms with Gasteiger partial charge in [0.15, 0.2) is 5.82 Å². The fourth-order valence-corrected chi connectivity index (χ4v) is 2.57. The molecule has 0 aliphatic heterocycles. The van der Waals surface area contributed by atoms with E-state index in [1.165, 1.54) is 18.3 Å². The number of hydrogen-bond donors (Lipinski definition) is 1. The maximum atomic E-state index is 13.5. The maximum Gasteiger partial charge on any atom is 0.266 e. The average Bonchev–Trinajstić information content (AvgIpc) is 2.34. The van der Waals surface area contributed by atoms with Crippen LogP contribution in [-0.4, -0.2) is 18.6 Å². The van der Waals surface area contributed by atoms with E-state index < -0.39 is 31.6 Å². The molecule has 1 aromatic carbocycles. The van der Waals surface area contributed by atoms with Gasteiger partial charge in [-0.1, -0.05) is 11.6 Å². The molecule has 0 saturated carbocycles. The van der Waals surface area contributed by atoms with Crippen molar-refractivity contribution in [1.82, 2.24) is 10.2 Å². The molecular weight excluding hydrogens is 300 g/mol. The Bertz CT molecular complexity index is 710. The number of nitrogens with one attached hydrogen (secondary N) is 1. The van der Waals surface area contributed by atoms with Crippen LogP contribution in [0.3, 0.4) is 0 Å². The van der Waals surface area contributed by atoms with Crippen molar-refractivity contribution in [2.75, 3.05) is 4.72 Å². The fourth-order valence-electron chi connectivity index (χ4n) is 1.26. The third-order valence-electron chi connectivity index (χ3n) is 2.08. The zero-order chi connectivity index (χ0) is 14.0. The number of anilines is 1. The van der Waals surface area contributed by atoms with Crippen LogP contribution in [0.4, 0.5) is 14.6 Å². The number of rotatable bonds is 3. The molecule has 0 atom stereocenters. The van der Waals surface area contributed by atoms with Crippen LogP contribution < -0.4 is 4.72 Å². The Morgan fingerprint density at radius 2 is 1.95 bits per heavy atom. The number of benzene rings is 1. The molecule has 1 heterocycles. The smallest absolute Gasteiger partial charge is 0.262 e. The molecular formula is C10H6ClF2N3O2S. The predicted molar refractivity (Wildman–Crippen MR) is 64.2 cm³/mol. The third-order valence-corrected chi connectivity index (χ3v) is 3.73. The quantitative estimate of drug-likeness (QED) is 0.883. The Hall–Kier alpha value is -1.80. The molecule has 0 amide bonds. The minimum Gasteiger partial charge on any atom is -0.262 e. The van der Waals surface area contributed by atoms with Crippen molar-refractivity contribution in [3.05, 3.63) is 47.1 Å². The van der Waals surface area contributed by atoms with Gasteiger partial charge in [0.2, 0.25) is 0 Å². The van der Waals surface area contributed by atoms with Gasteiger partial charge in [-0.15, -0.1) is 5.10 Å². The summed E-state index contributed by atoms with van der Waals surface area (Å²) in [6.07, 6.45) is 1.34. The molecule has 0 aliphatic rings. The third kappa shape index (κ3) is 2.96. The Morgan fingerprint density at radius 3 is 2.58 bits per heavy atom. The van der Waals surface area contributed by atoms with Crippen LogP contribution in [0.25, 0.3) is 0 Å². The van der Waals surface area contributed by atoms with Crippen LogP contribution in [-0.2, 0) is 10.0 Å². The van der Waals surface area contributed by atoms with Crippen molar-refractivity contribution < 1.29 is 17.2 Å². The molecule has 0 radical (unpaired) electrons. The van der Waals surface area contributed by atoms with Crippen molar-refractivity contribution in [3.8, 4) is 0 Å². The summed E-state index contributed by atoms with van der Waals surface area (Å²) in [4.78, 5) is -0.774. The van der Waals surface area contributed by atoms with Crippen LogP contribution in [0.2, 0.25) is 5.02 Å². The van der Waals surface area contributed by atoms with E-state index in [4.69, 9.17) is 11.6 Å². The van der Waals surface area contributed by atoms with E-state index in [2.05, 4.69) is 10.2 Å². The highest BCUT2D eigenvalue weighted by atomic mass is 35.5. The van der Waals surface area contributed by atoms with E-state index >= 15 is 0 Å². The Kier molecular flexibility index (Phi) is 3.63. The van der Waals surface area contributed by atoms with E-state index in [0.717, 1.165) is 0 Å². The lowest BCUT2D eigenvalue weighted by Gasteiger charge is -2.08. The Morgan fingerprint density at radius 1 is 1.21 bits per heavy atom. The summed E-state index contributed by atoms with van der Waals surface area (Å²) in [6, 6.07) is 3.85. The lowest BCUT2D eigenvalue weighted by Crippen LogP contribution is -2.16. The molecule has 2 rings (SSSR count). The largest absolute Gasteiger partial charge is 0.266 e. The summed E-state index contributed by atoms with van der Waals surface area (Å²) in [7, 11) is -4.26. The number of hydrogen-bond acceptors (Lipinski definition) is 4. The van der Waals surface area contributed by atoms with E-state index in [-0.39, 0.29) is 5.82 Å². The highest BCUT2D eigenvalue weighted by Crippen LogP contribution is 2.24. The van der Waals surface area contributed by atoms with Crippen molar-refractivity contribution in [1.29, 1.82) is 0 Å². The van der Waals surface area contributed by atoms with Gasteiger partial charge >= 0.3 is 0 Å². The van der Waals surface area contributed by atoms with E-state index in [9.17, 15) is 17.2 Å². The predicted octanol–water partition coefficient (Wildman–Crippen LogP) is 2.21. The Labute approximate surface area is 112 Å². The molecule has 0 unspecified atom stereocenters. The number of nitrogens with zero attached hydrogens (tertiary/aromatic N) is 2. The van der Waals surface area contributed by atoms with Gasteiger partial charge in [-0.05, 0) is 18.2 Å². The van der Waals surface area contributed by atoms with Gasteiger partial charge in [0.05, 0.1) is 5.02 Å². The van der Waals surface area contributed by atoms with Crippen LogP contribution in [0.15, 0.2) is 35.4 Å². The molecule has 9 heteroatoms. The number of sulfonamides is 1. The highest BCUT2D eigenvalue weighted by molar-refractivity contribution is 7.92. The molecule has 0 bridgehead atoms. The average molecular weight is 306 g/mol. The molecule has 2 aromatic rings. The monoisotopic (exact) mass is 305 g/mol. The molecule has 0 spiro atoms. The minimum atomic E-state index is -4.26. The first-order valence-electron chi connectivity index (χ1n) is 4.85. The summed E-state index contributed by atoms with van der Waals surface area (Å²) < 4.78 is 52.2. The highest BCUT2D eigenvalue weighted by Gasteiger charge is 2.22. The lowest BCUT2D eigenvalue weighted by molar-refractivity contribution is 0.551. The number of halogens is 3. The molecule has 1 N–H and O–H groups in total. The van der Waals surface area contributed by atoms with E-state index in [0.29, 0.717) is 12.1 Å². The van der Waals surface area contributed by atoms with Crippen molar-refractivity contribution in [2.24, 2.45) is 0 Å². The van der Waals surface area contributed by atoms with Crippen molar-refractivity contribution in [2.45, 2.75) is 4.90 Å². The van der Waals surface area contributed by atoms with Crippen LogP contribution >= 0.6 is 11.6 Å². The van der Waals surface area contributed by atoms with Gasteiger partial charge in [0, 0.05) is 12.3 Å². The van der Waals surface area contributed by atoms with Gasteiger partial charge in [-0.2, -0.15) is 5.10 Å². The summed E-state index contributed by atoms with van der Waals surface area (Å²) >= 11 is 5.43. The summed E-state index contributed by atoms with van der Waals surface area (Å²) in [5, 5.41) is 6.45. The van der Waals surface area contributed by atoms with Gasteiger partial charge < -0.3 is 0 Å². The van der Waals surface area contributed by atoms with Crippen LogP contribution in [0, 0.1) is 11.6 Å². The zero-order valence-electron chi connectivity index (χ0n) is 9.14. The zero-order valence-corrected chi connectivity index (χ0v) is 10.7. The maximum absolute atomic E-state index is 13.5. The minimum absolute atomic E-state index is 0.0950. The van der Waals surface area contributed by atoms with Crippen molar-refractivity contribution >= 4 is 27.4 Å². The fraction of sp³-hybridized carbons (Fsp3) is 0. The second-order valence-corrected chi connectivity index (χ2v) is 5.47. The first-order chi connectivity index (χ1) is 8.90. The summed E-state index contributed by atoms with van der Waals surface area (Å²) in [5.41, 5.74) is 0.